The van der Waals surface area contributed by atoms with Crippen molar-refractivity contribution in [1.29, 1.82) is 0 Å². The molecule has 2 aliphatic heterocycles. The number of likely N-dealkylation sites (tertiary alicyclic amines) is 2. The number of alkyl carbamates (subject to hydrolysis) is 1. The number of carbonyl (C=O) groups is 5. The molecule has 5 amide bonds. The molecule has 2 fully saturated rings. The molecule has 0 saturated carbocycles. The lowest BCUT2D eigenvalue weighted by molar-refractivity contribution is -0.140. The number of nitrogens with one attached hydrogen (secondary N) is 5. The first kappa shape index (κ1) is 41.2. The molecule has 0 bridgehead atoms. The molecule has 16 heteroatoms. The summed E-state index contributed by atoms with van der Waals surface area (Å²) in [4.78, 5) is 70.0. The van der Waals surface area contributed by atoms with Gasteiger partial charge in [0.1, 0.15) is 18.1 Å². The second-order valence-electron chi connectivity index (χ2n) is 14.4. The van der Waals surface area contributed by atoms with E-state index in [1.807, 2.05) is 67.3 Å². The lowest BCUT2D eigenvalue weighted by atomic mass is 10.0. The van der Waals surface area contributed by atoms with Crippen molar-refractivity contribution in [2.45, 2.75) is 90.4 Å². The molecule has 0 spiro atoms. The topological polar surface area (TPSA) is 220 Å². The average molecular weight is 750 g/mol. The average Bonchev–Trinajstić information content (AvgIpc) is 3.85. The van der Waals surface area contributed by atoms with Crippen molar-refractivity contribution >= 4 is 47.2 Å². The molecular formula is C38H55N9O7. The van der Waals surface area contributed by atoms with Gasteiger partial charge in [-0.05, 0) is 85.8 Å². The van der Waals surface area contributed by atoms with E-state index in [2.05, 4.69) is 31.8 Å². The Balaban J connectivity index is 1.23. The third-order valence-electron chi connectivity index (χ3n) is 9.85. The molecule has 2 aromatic rings. The largest absolute Gasteiger partial charge is 0.465 e. The van der Waals surface area contributed by atoms with Crippen LogP contribution in [0.15, 0.2) is 53.5 Å². The summed E-state index contributed by atoms with van der Waals surface area (Å²) >= 11 is 0. The molecule has 16 nitrogen and oxygen atoms in total. The summed E-state index contributed by atoms with van der Waals surface area (Å²) in [5.74, 6) is -0.802. The van der Waals surface area contributed by atoms with Crippen LogP contribution >= 0.6 is 0 Å². The number of aryl methyl sites for hydroxylation is 2. The lowest BCUT2D eigenvalue weighted by Gasteiger charge is -2.29. The summed E-state index contributed by atoms with van der Waals surface area (Å²) in [5.41, 5.74) is 15.5. The number of hydrogen-bond acceptors (Lipinski definition) is 8. The number of ether oxygens (including phenoxy) is 1. The van der Waals surface area contributed by atoms with Gasteiger partial charge in [0.05, 0.1) is 25.4 Å². The zero-order chi connectivity index (χ0) is 39.4. The number of carbonyl (C=O) groups excluding carboxylic acids is 4. The number of nitrogens with two attached hydrogens (primary N) is 1. The van der Waals surface area contributed by atoms with Crippen LogP contribution in [0.1, 0.15) is 64.5 Å². The summed E-state index contributed by atoms with van der Waals surface area (Å²) in [6.07, 6.45) is 2.36. The highest BCUT2D eigenvalue weighted by molar-refractivity contribution is 5.98. The van der Waals surface area contributed by atoms with Gasteiger partial charge in [0.25, 0.3) is 5.91 Å². The van der Waals surface area contributed by atoms with Crippen LogP contribution in [0.3, 0.4) is 0 Å². The molecule has 8 N–H and O–H groups in total. The molecule has 4 atom stereocenters. The molecule has 2 aromatic carbocycles. The Morgan fingerprint density at radius 2 is 1.37 bits per heavy atom. The van der Waals surface area contributed by atoms with E-state index in [0.29, 0.717) is 43.7 Å². The maximum Gasteiger partial charge on any atom is 0.407 e. The highest BCUT2D eigenvalue weighted by Gasteiger charge is 2.39. The fourth-order valence-electron chi connectivity index (χ4n) is 6.60. The highest BCUT2D eigenvalue weighted by Crippen LogP contribution is 2.22. The minimum Gasteiger partial charge on any atom is -0.465 e. The van der Waals surface area contributed by atoms with Crippen molar-refractivity contribution in [3.63, 3.8) is 0 Å². The summed E-state index contributed by atoms with van der Waals surface area (Å²) in [6.45, 7) is 8.73. The van der Waals surface area contributed by atoms with Crippen LogP contribution in [0.4, 0.5) is 21.0 Å². The normalized spacial score (nSPS) is 18.2. The Labute approximate surface area is 316 Å². The molecule has 4 unspecified atom stereocenters. The smallest absolute Gasteiger partial charge is 0.407 e. The van der Waals surface area contributed by atoms with Crippen molar-refractivity contribution in [2.24, 2.45) is 22.6 Å². The van der Waals surface area contributed by atoms with Gasteiger partial charge in [-0.15, -0.1) is 0 Å². The first-order valence-electron chi connectivity index (χ1n) is 18.5. The maximum atomic E-state index is 13.3. The molecule has 0 aromatic heterocycles. The molecular weight excluding hydrogens is 694 g/mol. The second kappa shape index (κ2) is 19.5. The number of hydrogen-bond donors (Lipinski definition) is 7. The van der Waals surface area contributed by atoms with Crippen LogP contribution in [0, 0.1) is 11.8 Å². The number of guanidine groups is 1. The van der Waals surface area contributed by atoms with E-state index in [1.54, 1.807) is 13.8 Å². The molecule has 4 rings (SSSR count). The predicted octanol–water partition coefficient (Wildman–Crippen LogP) is 3.30. The van der Waals surface area contributed by atoms with Gasteiger partial charge in [-0.1, -0.05) is 52.0 Å². The van der Waals surface area contributed by atoms with Gasteiger partial charge < -0.3 is 41.3 Å². The fraction of sp³-hybridized carbons (Fsp3) is 0.526. The number of carboxylic acid groups (broad SMARTS) is 1. The van der Waals surface area contributed by atoms with Crippen LogP contribution in [0.25, 0.3) is 0 Å². The Bertz CT molecular complexity index is 1630. The first-order valence-corrected chi connectivity index (χ1v) is 18.5. The Hall–Kier alpha value is -5.54. The molecule has 54 heavy (non-hydrogen) atoms. The van der Waals surface area contributed by atoms with Crippen molar-refractivity contribution in [3.8, 4) is 0 Å². The summed E-state index contributed by atoms with van der Waals surface area (Å²) in [5, 5.41) is 17.2. The minimum absolute atomic E-state index is 0.109. The number of anilines is 2. The number of benzene rings is 2. The third kappa shape index (κ3) is 11.5. The standard InChI is InChI=1S/C38H55N9O7/c1-23(2)29(42-38(53)54-5)22-40-36(39)47-21-7-8-30(47)33(48)41-27-16-12-25(13-17-27)10-11-26-14-18-28(19-15-26)44-45-34(49)31-9-6-20-46(31)35(50)32(24(3)4)43-37(51)52/h12-19,23-24,29-32,43-44H,6-11,20-22H2,1-5H3,(H2,39,40)(H,41,48)(H,42,53)(H,45,49)(H,51,52). The molecule has 0 aliphatic carbocycles. The van der Waals surface area contributed by atoms with Crippen molar-refractivity contribution in [3.05, 3.63) is 59.7 Å². The van der Waals surface area contributed by atoms with E-state index in [0.717, 1.165) is 30.4 Å². The van der Waals surface area contributed by atoms with E-state index >= 15 is 0 Å². The summed E-state index contributed by atoms with van der Waals surface area (Å²) in [6, 6.07) is 13.1. The van der Waals surface area contributed by atoms with E-state index in [9.17, 15) is 24.0 Å². The van der Waals surface area contributed by atoms with Crippen LogP contribution in [0.2, 0.25) is 0 Å². The Kier molecular flexibility index (Phi) is 14.9. The number of aliphatic imine (C=N–C) groups is 1. The number of rotatable bonds is 15. The quantitative estimate of drug-likeness (QED) is 0.0800. The first-order chi connectivity index (χ1) is 25.8. The lowest BCUT2D eigenvalue weighted by Crippen LogP contribution is -2.55. The van der Waals surface area contributed by atoms with Gasteiger partial charge in [0.2, 0.25) is 11.8 Å². The van der Waals surface area contributed by atoms with E-state index in [-0.39, 0.29) is 42.2 Å². The van der Waals surface area contributed by atoms with Crippen molar-refractivity contribution in [1.82, 2.24) is 25.9 Å². The van der Waals surface area contributed by atoms with Crippen LogP contribution in [-0.4, -0.2) is 102 Å². The summed E-state index contributed by atoms with van der Waals surface area (Å²) in [7, 11) is 1.31. The number of hydrazine groups is 1. The van der Waals surface area contributed by atoms with Crippen LogP contribution in [-0.2, 0) is 32.0 Å². The van der Waals surface area contributed by atoms with E-state index < -0.39 is 36.2 Å². The van der Waals surface area contributed by atoms with Crippen LogP contribution < -0.4 is 32.5 Å². The number of methoxy groups -OCH3 is 1. The van der Waals surface area contributed by atoms with Crippen LogP contribution in [0.5, 0.6) is 0 Å². The molecule has 2 saturated heterocycles. The minimum atomic E-state index is -1.28. The second-order valence-corrected chi connectivity index (χ2v) is 14.4. The predicted molar refractivity (Wildman–Crippen MR) is 206 cm³/mol. The van der Waals surface area contributed by atoms with Gasteiger partial charge in [-0.2, -0.15) is 0 Å². The highest BCUT2D eigenvalue weighted by atomic mass is 16.5. The third-order valence-corrected chi connectivity index (χ3v) is 9.85. The van der Waals surface area contributed by atoms with Gasteiger partial charge in [-0.3, -0.25) is 30.2 Å². The number of nitrogens with zero attached hydrogens (tertiary/aromatic N) is 3. The van der Waals surface area contributed by atoms with E-state index in [1.165, 1.54) is 12.0 Å². The summed E-state index contributed by atoms with van der Waals surface area (Å²) < 4.78 is 4.71. The SMILES string of the molecule is COC(=O)NC(CN=C(N)N1CCCC1C(=O)Nc1ccc(CCc2ccc(NNC(=O)C3CCCN3C(=O)C(NC(=O)O)C(C)C)cc2)cc1)C(C)C. The van der Waals surface area contributed by atoms with Crippen molar-refractivity contribution < 1.29 is 33.8 Å². The van der Waals surface area contributed by atoms with Gasteiger partial charge in [0, 0.05) is 18.8 Å². The molecule has 2 aliphatic rings. The van der Waals surface area contributed by atoms with Gasteiger partial charge >= 0.3 is 12.2 Å². The molecule has 0 radical (unpaired) electrons. The molecule has 294 valence electrons. The van der Waals surface area contributed by atoms with Gasteiger partial charge in [-0.25, -0.2) is 9.59 Å². The number of amides is 5. The Morgan fingerprint density at radius 3 is 1.91 bits per heavy atom. The van der Waals surface area contributed by atoms with Crippen molar-refractivity contribution in [2.75, 3.05) is 37.5 Å². The monoisotopic (exact) mass is 749 g/mol. The fourth-order valence-corrected chi connectivity index (χ4v) is 6.60. The maximum absolute atomic E-state index is 13.3. The van der Waals surface area contributed by atoms with Gasteiger partial charge in [0.15, 0.2) is 5.96 Å². The Morgan fingerprint density at radius 1 is 0.815 bits per heavy atom. The zero-order valence-corrected chi connectivity index (χ0v) is 31.8. The van der Waals surface area contributed by atoms with E-state index in [4.69, 9.17) is 15.6 Å². The zero-order valence-electron chi connectivity index (χ0n) is 31.8. The molecule has 2 heterocycles.